The molecule has 0 aliphatic rings. The van der Waals surface area contributed by atoms with E-state index in [2.05, 4.69) is 30.8 Å². The lowest BCUT2D eigenvalue weighted by Crippen LogP contribution is -2.32. The molecule has 1 aromatic carbocycles. The highest BCUT2D eigenvalue weighted by atomic mass is 16.4. The van der Waals surface area contributed by atoms with Crippen LogP contribution in [0.5, 0.6) is 0 Å². The van der Waals surface area contributed by atoms with Crippen molar-refractivity contribution in [3.8, 4) is 0 Å². The van der Waals surface area contributed by atoms with Gasteiger partial charge in [-0.15, -0.1) is 0 Å². The van der Waals surface area contributed by atoms with Crippen LogP contribution in [0.15, 0.2) is 24.3 Å². The molecule has 0 spiro atoms. The molecule has 0 aromatic heterocycles. The van der Waals surface area contributed by atoms with Crippen molar-refractivity contribution >= 4 is 5.97 Å². The maximum absolute atomic E-state index is 10.9. The zero-order valence-electron chi connectivity index (χ0n) is 12.8. The van der Waals surface area contributed by atoms with Gasteiger partial charge < -0.3 is 10.0 Å². The number of carboxylic acids is 1. The van der Waals surface area contributed by atoms with Gasteiger partial charge in [-0.05, 0) is 38.2 Å². The zero-order valence-corrected chi connectivity index (χ0v) is 12.8. The van der Waals surface area contributed by atoms with Gasteiger partial charge >= 0.3 is 5.97 Å². The van der Waals surface area contributed by atoms with Crippen molar-refractivity contribution in [2.24, 2.45) is 0 Å². The minimum absolute atomic E-state index is 0.101. The molecule has 0 saturated heterocycles. The predicted octanol–water partition coefficient (Wildman–Crippen LogP) is 2.09. The first-order chi connectivity index (χ1) is 9.52. The van der Waals surface area contributed by atoms with E-state index in [0.717, 1.165) is 43.7 Å². The highest BCUT2D eigenvalue weighted by Crippen LogP contribution is 2.13. The molecule has 4 heteroatoms. The second-order valence-corrected chi connectivity index (χ2v) is 5.42. The fraction of sp³-hybridized carbons (Fsp3) is 0.562. The largest absolute Gasteiger partial charge is 0.481 e. The van der Waals surface area contributed by atoms with E-state index in [0.29, 0.717) is 0 Å². The minimum atomic E-state index is -0.771. The zero-order chi connectivity index (χ0) is 15.0. The lowest BCUT2D eigenvalue weighted by molar-refractivity contribution is -0.136. The normalized spacial score (nSPS) is 11.2. The van der Waals surface area contributed by atoms with E-state index in [9.17, 15) is 4.79 Å². The number of likely N-dealkylation sites (N-methyl/N-ethyl adjacent to an activating group) is 1. The molecule has 0 bridgehead atoms. The van der Waals surface area contributed by atoms with Gasteiger partial charge in [-0.3, -0.25) is 9.69 Å². The monoisotopic (exact) mass is 278 g/mol. The lowest BCUT2D eigenvalue weighted by Gasteiger charge is -2.24. The fourth-order valence-electron chi connectivity index (χ4n) is 2.22. The Morgan fingerprint density at radius 1 is 1.10 bits per heavy atom. The minimum Gasteiger partial charge on any atom is -0.481 e. The van der Waals surface area contributed by atoms with Crippen molar-refractivity contribution in [1.82, 2.24) is 9.80 Å². The smallest absolute Gasteiger partial charge is 0.307 e. The molecule has 1 rings (SSSR count). The Hall–Kier alpha value is -1.39. The first-order valence-electron chi connectivity index (χ1n) is 7.18. The van der Waals surface area contributed by atoms with E-state index in [1.807, 2.05) is 24.3 Å². The summed E-state index contributed by atoms with van der Waals surface area (Å²) in [6, 6.07) is 7.85. The van der Waals surface area contributed by atoms with Crippen LogP contribution in [0.25, 0.3) is 0 Å². The second-order valence-electron chi connectivity index (χ2n) is 5.42. The molecular weight excluding hydrogens is 252 g/mol. The Morgan fingerprint density at radius 2 is 1.75 bits per heavy atom. The Labute approximate surface area is 122 Å². The first kappa shape index (κ1) is 16.7. The second kappa shape index (κ2) is 8.72. The van der Waals surface area contributed by atoms with Crippen LogP contribution in [0, 0.1) is 0 Å². The third-order valence-electron chi connectivity index (χ3n) is 3.26. The van der Waals surface area contributed by atoms with Crippen LogP contribution in [0.2, 0.25) is 0 Å². The number of nitrogens with zero attached hydrogens (tertiary/aromatic N) is 2. The molecule has 0 aliphatic heterocycles. The number of benzene rings is 1. The Kier molecular flexibility index (Phi) is 7.26. The van der Waals surface area contributed by atoms with Crippen LogP contribution >= 0.6 is 0 Å². The van der Waals surface area contributed by atoms with Gasteiger partial charge in [0.15, 0.2) is 0 Å². The van der Waals surface area contributed by atoms with Crippen LogP contribution in [0.4, 0.5) is 0 Å². The van der Waals surface area contributed by atoms with E-state index in [-0.39, 0.29) is 6.42 Å². The molecule has 1 aromatic rings. The summed E-state index contributed by atoms with van der Waals surface area (Å²) < 4.78 is 0. The highest BCUT2D eigenvalue weighted by Gasteiger charge is 2.10. The fourth-order valence-corrected chi connectivity index (χ4v) is 2.22. The van der Waals surface area contributed by atoms with Gasteiger partial charge in [0.25, 0.3) is 0 Å². The van der Waals surface area contributed by atoms with Crippen LogP contribution in [-0.4, -0.2) is 54.6 Å². The summed E-state index contributed by atoms with van der Waals surface area (Å²) in [5.41, 5.74) is 2.05. The SMILES string of the molecule is CCCN(CCN(C)C)Cc1ccccc1CC(=O)O. The van der Waals surface area contributed by atoms with Crippen LogP contribution in [0.1, 0.15) is 24.5 Å². The molecule has 0 heterocycles. The molecular formula is C16H26N2O2. The van der Waals surface area contributed by atoms with Crippen molar-refractivity contribution < 1.29 is 9.90 Å². The number of hydrogen-bond donors (Lipinski definition) is 1. The Morgan fingerprint density at radius 3 is 2.30 bits per heavy atom. The van der Waals surface area contributed by atoms with Crippen molar-refractivity contribution in [1.29, 1.82) is 0 Å². The van der Waals surface area contributed by atoms with Gasteiger partial charge in [-0.2, -0.15) is 0 Å². The van der Waals surface area contributed by atoms with Crippen molar-refractivity contribution in [3.63, 3.8) is 0 Å². The van der Waals surface area contributed by atoms with Crippen molar-refractivity contribution in [2.45, 2.75) is 26.3 Å². The Bertz CT molecular complexity index is 419. The molecule has 0 atom stereocenters. The summed E-state index contributed by atoms with van der Waals surface area (Å²) >= 11 is 0. The van der Waals surface area contributed by atoms with E-state index >= 15 is 0 Å². The van der Waals surface area contributed by atoms with Gasteiger partial charge in [0.05, 0.1) is 6.42 Å². The maximum atomic E-state index is 10.9. The Balaban J connectivity index is 2.73. The molecule has 20 heavy (non-hydrogen) atoms. The molecule has 0 saturated carbocycles. The van der Waals surface area contributed by atoms with Crippen molar-refractivity contribution in [2.75, 3.05) is 33.7 Å². The van der Waals surface area contributed by atoms with E-state index < -0.39 is 5.97 Å². The topological polar surface area (TPSA) is 43.8 Å². The van der Waals surface area contributed by atoms with Gasteiger partial charge in [-0.25, -0.2) is 0 Å². The molecule has 4 nitrogen and oxygen atoms in total. The third-order valence-corrected chi connectivity index (χ3v) is 3.26. The number of carboxylic acid groups (broad SMARTS) is 1. The number of rotatable bonds is 9. The van der Waals surface area contributed by atoms with E-state index in [1.54, 1.807) is 0 Å². The van der Waals surface area contributed by atoms with Crippen LogP contribution in [0.3, 0.4) is 0 Å². The standard InChI is InChI=1S/C16H26N2O2/c1-4-9-18(11-10-17(2)3)13-15-8-6-5-7-14(15)12-16(19)20/h5-8H,4,9-13H2,1-3H3,(H,19,20). The molecule has 0 unspecified atom stereocenters. The number of aliphatic carboxylic acids is 1. The molecule has 1 N–H and O–H groups in total. The average molecular weight is 278 g/mol. The summed E-state index contributed by atoms with van der Waals surface area (Å²) in [6.45, 7) is 6.05. The third kappa shape index (κ3) is 6.17. The summed E-state index contributed by atoms with van der Waals surface area (Å²) in [5.74, 6) is -0.771. The molecule has 0 aliphatic carbocycles. The maximum Gasteiger partial charge on any atom is 0.307 e. The molecule has 0 amide bonds. The summed E-state index contributed by atoms with van der Waals surface area (Å²) in [6.07, 6.45) is 1.21. The summed E-state index contributed by atoms with van der Waals surface area (Å²) in [4.78, 5) is 15.5. The van der Waals surface area contributed by atoms with Crippen LogP contribution in [-0.2, 0) is 17.8 Å². The summed E-state index contributed by atoms with van der Waals surface area (Å²) in [5, 5.41) is 8.98. The van der Waals surface area contributed by atoms with Crippen molar-refractivity contribution in [3.05, 3.63) is 35.4 Å². The average Bonchev–Trinajstić information content (AvgIpc) is 2.37. The van der Waals surface area contributed by atoms with E-state index in [4.69, 9.17) is 5.11 Å². The lowest BCUT2D eigenvalue weighted by atomic mass is 10.0. The van der Waals surface area contributed by atoms with E-state index in [1.165, 1.54) is 0 Å². The van der Waals surface area contributed by atoms with Gasteiger partial charge in [0.1, 0.15) is 0 Å². The number of hydrogen-bond acceptors (Lipinski definition) is 3. The first-order valence-corrected chi connectivity index (χ1v) is 7.18. The molecule has 0 fully saturated rings. The molecule has 112 valence electrons. The predicted molar refractivity (Wildman–Crippen MR) is 81.9 cm³/mol. The molecule has 0 radical (unpaired) electrons. The highest BCUT2D eigenvalue weighted by molar-refractivity contribution is 5.70. The van der Waals surface area contributed by atoms with Crippen LogP contribution < -0.4 is 0 Å². The number of carbonyl (C=O) groups is 1. The van der Waals surface area contributed by atoms with Gasteiger partial charge in [-0.1, -0.05) is 31.2 Å². The van der Waals surface area contributed by atoms with Gasteiger partial charge in [0.2, 0.25) is 0 Å². The summed E-state index contributed by atoms with van der Waals surface area (Å²) in [7, 11) is 4.14. The van der Waals surface area contributed by atoms with Gasteiger partial charge in [0, 0.05) is 19.6 Å². The quantitative estimate of drug-likeness (QED) is 0.751.